The molecule has 6 heteroatoms. The lowest BCUT2D eigenvalue weighted by molar-refractivity contribution is -0.142. The molecule has 1 saturated heterocycles. The van der Waals surface area contributed by atoms with Crippen molar-refractivity contribution in [2.45, 2.75) is 25.9 Å². The normalized spacial score (nSPS) is 22.1. The number of rotatable bonds is 6. The number of aliphatic carboxylic acids is 1. The minimum absolute atomic E-state index is 0.0355. The van der Waals surface area contributed by atoms with Gasteiger partial charge in [0.15, 0.2) is 6.61 Å². The molecule has 0 aliphatic carbocycles. The molecule has 2 unspecified atom stereocenters. The molecule has 1 aromatic carbocycles. The van der Waals surface area contributed by atoms with E-state index in [1.54, 1.807) is 12.1 Å². The van der Waals surface area contributed by atoms with E-state index in [4.69, 9.17) is 15.6 Å². The van der Waals surface area contributed by atoms with Crippen LogP contribution in [0.1, 0.15) is 18.9 Å². The zero-order valence-electron chi connectivity index (χ0n) is 12.0. The van der Waals surface area contributed by atoms with Crippen molar-refractivity contribution in [3.63, 3.8) is 0 Å². The molecule has 0 radical (unpaired) electrons. The van der Waals surface area contributed by atoms with Crippen LogP contribution < -0.4 is 10.5 Å². The van der Waals surface area contributed by atoms with Gasteiger partial charge in [-0.15, -0.1) is 0 Å². The fourth-order valence-electron chi connectivity index (χ4n) is 2.64. The second kappa shape index (κ2) is 6.58. The molecule has 3 N–H and O–H groups in total. The SMILES string of the molecule is CC1C(C(=O)O)CCN1Cc1ccc(OCC(N)=O)cc1. The third-order valence-corrected chi connectivity index (χ3v) is 3.89. The van der Waals surface area contributed by atoms with E-state index in [2.05, 4.69) is 4.90 Å². The van der Waals surface area contributed by atoms with Crippen molar-refractivity contribution < 1.29 is 19.4 Å². The number of carboxylic acids is 1. The minimum Gasteiger partial charge on any atom is -0.484 e. The van der Waals surface area contributed by atoms with Gasteiger partial charge in [-0.1, -0.05) is 12.1 Å². The minimum atomic E-state index is -0.722. The Kier molecular flexibility index (Phi) is 4.80. The lowest BCUT2D eigenvalue weighted by Crippen LogP contribution is -2.32. The molecule has 6 nitrogen and oxygen atoms in total. The molecule has 21 heavy (non-hydrogen) atoms. The summed E-state index contributed by atoms with van der Waals surface area (Å²) < 4.78 is 5.20. The topological polar surface area (TPSA) is 92.9 Å². The monoisotopic (exact) mass is 292 g/mol. The summed E-state index contributed by atoms with van der Waals surface area (Å²) >= 11 is 0. The van der Waals surface area contributed by atoms with Gasteiger partial charge in [0.05, 0.1) is 5.92 Å². The Morgan fingerprint density at radius 1 is 1.38 bits per heavy atom. The van der Waals surface area contributed by atoms with Crippen LogP contribution in [0.4, 0.5) is 0 Å². The standard InChI is InChI=1S/C15H20N2O4/c1-10-13(15(19)20)6-7-17(10)8-11-2-4-12(5-3-11)21-9-14(16)18/h2-5,10,13H,6-9H2,1H3,(H2,16,18)(H,19,20). The maximum Gasteiger partial charge on any atom is 0.308 e. The van der Waals surface area contributed by atoms with E-state index >= 15 is 0 Å². The predicted octanol–water partition coefficient (Wildman–Crippen LogP) is 0.846. The quantitative estimate of drug-likeness (QED) is 0.810. The van der Waals surface area contributed by atoms with E-state index in [-0.39, 0.29) is 18.6 Å². The number of carbonyl (C=O) groups excluding carboxylic acids is 1. The van der Waals surface area contributed by atoms with Gasteiger partial charge in [0.1, 0.15) is 5.75 Å². The Bertz CT molecular complexity index is 515. The van der Waals surface area contributed by atoms with Crippen LogP contribution in [0.2, 0.25) is 0 Å². The summed E-state index contributed by atoms with van der Waals surface area (Å²) in [6.45, 7) is 3.32. The number of nitrogens with two attached hydrogens (primary N) is 1. The molecule has 1 aliphatic rings. The molecular formula is C15H20N2O4. The number of benzene rings is 1. The van der Waals surface area contributed by atoms with Crippen LogP contribution in [0.5, 0.6) is 5.75 Å². The average molecular weight is 292 g/mol. The average Bonchev–Trinajstić information content (AvgIpc) is 2.79. The third kappa shape index (κ3) is 3.95. The fraction of sp³-hybridized carbons (Fsp3) is 0.467. The maximum absolute atomic E-state index is 11.1. The van der Waals surface area contributed by atoms with Crippen molar-refractivity contribution in [3.05, 3.63) is 29.8 Å². The number of nitrogens with zero attached hydrogens (tertiary/aromatic N) is 1. The zero-order valence-corrected chi connectivity index (χ0v) is 12.0. The van der Waals surface area contributed by atoms with Gasteiger partial charge in [0, 0.05) is 12.6 Å². The number of likely N-dealkylation sites (tertiary alicyclic amines) is 1. The van der Waals surface area contributed by atoms with E-state index in [0.29, 0.717) is 18.7 Å². The van der Waals surface area contributed by atoms with Crippen molar-refractivity contribution in [2.75, 3.05) is 13.2 Å². The van der Waals surface area contributed by atoms with Crippen molar-refractivity contribution in [3.8, 4) is 5.75 Å². The van der Waals surface area contributed by atoms with E-state index in [1.807, 2.05) is 19.1 Å². The molecule has 0 spiro atoms. The Balaban J connectivity index is 1.92. The van der Waals surface area contributed by atoms with E-state index in [9.17, 15) is 9.59 Å². The fourth-order valence-corrected chi connectivity index (χ4v) is 2.64. The molecule has 1 amide bonds. The van der Waals surface area contributed by atoms with Gasteiger partial charge >= 0.3 is 5.97 Å². The molecule has 2 rings (SSSR count). The van der Waals surface area contributed by atoms with Crippen LogP contribution >= 0.6 is 0 Å². The van der Waals surface area contributed by atoms with E-state index < -0.39 is 11.9 Å². The second-order valence-electron chi connectivity index (χ2n) is 5.34. The molecule has 2 atom stereocenters. The number of hydrogen-bond donors (Lipinski definition) is 2. The first-order valence-electron chi connectivity index (χ1n) is 6.94. The summed E-state index contributed by atoms with van der Waals surface area (Å²) in [5.74, 6) is -0.927. The summed E-state index contributed by atoms with van der Waals surface area (Å²) in [6, 6.07) is 7.43. The first-order chi connectivity index (χ1) is 9.97. The number of hydrogen-bond acceptors (Lipinski definition) is 4. The lowest BCUT2D eigenvalue weighted by Gasteiger charge is -2.23. The van der Waals surface area contributed by atoms with Crippen molar-refractivity contribution in [1.29, 1.82) is 0 Å². The van der Waals surface area contributed by atoms with Crippen LogP contribution in [-0.4, -0.2) is 41.1 Å². The predicted molar refractivity (Wildman–Crippen MR) is 76.7 cm³/mol. The highest BCUT2D eigenvalue weighted by atomic mass is 16.5. The number of ether oxygens (including phenoxy) is 1. The number of carbonyl (C=O) groups is 2. The first-order valence-corrected chi connectivity index (χ1v) is 6.94. The maximum atomic E-state index is 11.1. The second-order valence-corrected chi connectivity index (χ2v) is 5.34. The van der Waals surface area contributed by atoms with Crippen molar-refractivity contribution in [1.82, 2.24) is 4.90 Å². The van der Waals surface area contributed by atoms with Crippen LogP contribution in [0, 0.1) is 5.92 Å². The van der Waals surface area contributed by atoms with Gasteiger partial charge in [-0.3, -0.25) is 14.5 Å². The molecular weight excluding hydrogens is 272 g/mol. The summed E-state index contributed by atoms with van der Waals surface area (Å²) in [7, 11) is 0. The molecule has 1 aliphatic heterocycles. The van der Waals surface area contributed by atoms with Crippen molar-refractivity contribution in [2.24, 2.45) is 11.7 Å². The van der Waals surface area contributed by atoms with Crippen molar-refractivity contribution >= 4 is 11.9 Å². The van der Waals surface area contributed by atoms with Crippen LogP contribution in [0.15, 0.2) is 24.3 Å². The van der Waals surface area contributed by atoms with Crippen LogP contribution in [0.25, 0.3) is 0 Å². The molecule has 0 aromatic heterocycles. The van der Waals surface area contributed by atoms with Gasteiger partial charge in [0.2, 0.25) is 0 Å². The molecule has 0 bridgehead atoms. The summed E-state index contributed by atoms with van der Waals surface area (Å²) in [6.07, 6.45) is 0.691. The van der Waals surface area contributed by atoms with E-state index in [1.165, 1.54) is 0 Å². The van der Waals surface area contributed by atoms with Gasteiger partial charge in [-0.25, -0.2) is 0 Å². The number of primary amides is 1. The number of amides is 1. The largest absolute Gasteiger partial charge is 0.484 e. The highest BCUT2D eigenvalue weighted by molar-refractivity contribution is 5.75. The van der Waals surface area contributed by atoms with Crippen LogP contribution in [-0.2, 0) is 16.1 Å². The first kappa shape index (κ1) is 15.3. The molecule has 1 aromatic rings. The Hall–Kier alpha value is -2.08. The molecule has 0 saturated carbocycles. The van der Waals surface area contributed by atoms with Crippen LogP contribution in [0.3, 0.4) is 0 Å². The van der Waals surface area contributed by atoms with Gasteiger partial charge in [-0.05, 0) is 37.6 Å². The number of carboxylic acid groups (broad SMARTS) is 1. The zero-order chi connectivity index (χ0) is 15.4. The summed E-state index contributed by atoms with van der Waals surface area (Å²) in [4.78, 5) is 23.9. The Labute approximate surface area is 123 Å². The highest BCUT2D eigenvalue weighted by Gasteiger charge is 2.35. The van der Waals surface area contributed by atoms with E-state index in [0.717, 1.165) is 12.1 Å². The molecule has 1 heterocycles. The Morgan fingerprint density at radius 2 is 2.05 bits per heavy atom. The summed E-state index contributed by atoms with van der Waals surface area (Å²) in [5.41, 5.74) is 6.10. The molecule has 1 fully saturated rings. The van der Waals surface area contributed by atoms with Gasteiger partial charge < -0.3 is 15.6 Å². The lowest BCUT2D eigenvalue weighted by atomic mass is 10.0. The smallest absolute Gasteiger partial charge is 0.308 e. The Morgan fingerprint density at radius 3 is 2.57 bits per heavy atom. The molecule has 114 valence electrons. The van der Waals surface area contributed by atoms with Gasteiger partial charge in [-0.2, -0.15) is 0 Å². The highest BCUT2D eigenvalue weighted by Crippen LogP contribution is 2.26. The van der Waals surface area contributed by atoms with Gasteiger partial charge in [0.25, 0.3) is 5.91 Å². The third-order valence-electron chi connectivity index (χ3n) is 3.89. The summed E-state index contributed by atoms with van der Waals surface area (Å²) in [5, 5.41) is 9.13.